The molecule has 24 heavy (non-hydrogen) atoms. The van der Waals surface area contributed by atoms with Crippen LogP contribution in [0.2, 0.25) is 0 Å². The lowest BCUT2D eigenvalue weighted by Crippen LogP contribution is -2.43. The van der Waals surface area contributed by atoms with Crippen molar-refractivity contribution in [2.75, 3.05) is 13.2 Å². The highest BCUT2D eigenvalue weighted by molar-refractivity contribution is 5.68. The molecule has 0 saturated heterocycles. The normalized spacial score (nSPS) is 14.4. The molecule has 0 aliphatic carbocycles. The van der Waals surface area contributed by atoms with Crippen LogP contribution in [0.4, 0.5) is 4.79 Å². The maximum absolute atomic E-state index is 11.9. The van der Waals surface area contributed by atoms with Crippen molar-refractivity contribution in [2.24, 2.45) is 0 Å². The van der Waals surface area contributed by atoms with Crippen molar-refractivity contribution in [2.45, 2.75) is 104 Å². The standard InChI is InChI=1S/C19H39NO4/c1-10-11-15(20-16(21)24-18(5,6)7)14-23-19(8,9)12-13-22-17(2,3)4/h15H,10-14H2,1-9H3,(H,20,21). The Morgan fingerprint density at radius 2 is 1.54 bits per heavy atom. The number of carbonyl (C=O) groups excluding carboxylic acids is 1. The zero-order valence-electron chi connectivity index (χ0n) is 17.2. The van der Waals surface area contributed by atoms with Gasteiger partial charge < -0.3 is 19.5 Å². The van der Waals surface area contributed by atoms with E-state index in [1.54, 1.807) is 0 Å². The summed E-state index contributed by atoms with van der Waals surface area (Å²) in [5, 5.41) is 2.91. The Morgan fingerprint density at radius 3 is 2.00 bits per heavy atom. The van der Waals surface area contributed by atoms with Gasteiger partial charge in [0.1, 0.15) is 5.60 Å². The Balaban J connectivity index is 4.38. The highest BCUT2D eigenvalue weighted by Gasteiger charge is 2.24. The molecule has 1 amide bonds. The zero-order valence-corrected chi connectivity index (χ0v) is 17.2. The molecule has 0 saturated carbocycles. The second-order valence-electron chi connectivity index (χ2n) is 8.91. The van der Waals surface area contributed by atoms with Crippen LogP contribution < -0.4 is 5.32 Å². The Bertz CT molecular complexity index is 367. The third-order valence-electron chi connectivity index (χ3n) is 3.27. The third kappa shape index (κ3) is 13.6. The largest absolute Gasteiger partial charge is 0.444 e. The fraction of sp³-hybridized carbons (Fsp3) is 0.947. The van der Waals surface area contributed by atoms with E-state index in [4.69, 9.17) is 14.2 Å². The van der Waals surface area contributed by atoms with Crippen LogP contribution >= 0.6 is 0 Å². The summed E-state index contributed by atoms with van der Waals surface area (Å²) in [7, 11) is 0. The van der Waals surface area contributed by atoms with E-state index in [1.165, 1.54) is 0 Å². The fourth-order valence-electron chi connectivity index (χ4n) is 2.02. The van der Waals surface area contributed by atoms with E-state index in [0.717, 1.165) is 19.3 Å². The van der Waals surface area contributed by atoms with Crippen LogP contribution in [0.3, 0.4) is 0 Å². The number of hydrogen-bond acceptors (Lipinski definition) is 4. The first-order valence-corrected chi connectivity index (χ1v) is 9.01. The summed E-state index contributed by atoms with van der Waals surface area (Å²) in [4.78, 5) is 11.9. The van der Waals surface area contributed by atoms with Crippen molar-refractivity contribution >= 4 is 6.09 Å². The van der Waals surface area contributed by atoms with Crippen LogP contribution in [0.1, 0.15) is 81.6 Å². The van der Waals surface area contributed by atoms with Crippen molar-refractivity contribution in [3.8, 4) is 0 Å². The van der Waals surface area contributed by atoms with Crippen LogP contribution in [0.5, 0.6) is 0 Å². The van der Waals surface area contributed by atoms with Crippen LogP contribution in [0.25, 0.3) is 0 Å². The lowest BCUT2D eigenvalue weighted by molar-refractivity contribution is -0.0721. The molecular formula is C19H39NO4. The first-order valence-electron chi connectivity index (χ1n) is 9.01. The van der Waals surface area contributed by atoms with Gasteiger partial charge in [0, 0.05) is 6.61 Å². The summed E-state index contributed by atoms with van der Waals surface area (Å²) in [6.45, 7) is 19.0. The van der Waals surface area contributed by atoms with Gasteiger partial charge in [-0.15, -0.1) is 0 Å². The number of rotatable bonds is 9. The number of amides is 1. The second kappa shape index (κ2) is 9.62. The van der Waals surface area contributed by atoms with Crippen molar-refractivity contribution in [3.63, 3.8) is 0 Å². The average molecular weight is 346 g/mol. The van der Waals surface area contributed by atoms with Crippen molar-refractivity contribution in [1.82, 2.24) is 5.32 Å². The average Bonchev–Trinajstić information content (AvgIpc) is 2.32. The van der Waals surface area contributed by atoms with E-state index in [0.29, 0.717) is 13.2 Å². The minimum atomic E-state index is -0.495. The van der Waals surface area contributed by atoms with Crippen LogP contribution in [-0.2, 0) is 14.2 Å². The summed E-state index contributed by atoms with van der Waals surface area (Å²) in [6, 6.07) is -0.0485. The van der Waals surface area contributed by atoms with Crippen LogP contribution in [-0.4, -0.2) is 42.2 Å². The SMILES string of the molecule is CCCC(COC(C)(C)CCOC(C)(C)C)NC(=O)OC(C)(C)C. The monoisotopic (exact) mass is 345 g/mol. The smallest absolute Gasteiger partial charge is 0.407 e. The molecule has 0 aliphatic rings. The van der Waals surface area contributed by atoms with Gasteiger partial charge >= 0.3 is 6.09 Å². The molecule has 0 radical (unpaired) electrons. The predicted octanol–water partition coefficient (Wildman–Crippen LogP) is 4.68. The van der Waals surface area contributed by atoms with Crippen LogP contribution in [0, 0.1) is 0 Å². The summed E-state index contributed by atoms with van der Waals surface area (Å²) < 4.78 is 17.1. The fourth-order valence-corrected chi connectivity index (χ4v) is 2.02. The minimum Gasteiger partial charge on any atom is -0.444 e. The molecule has 0 aliphatic heterocycles. The number of ether oxygens (including phenoxy) is 3. The molecule has 0 heterocycles. The molecular weight excluding hydrogens is 306 g/mol. The van der Waals surface area contributed by atoms with Gasteiger partial charge in [-0.1, -0.05) is 13.3 Å². The zero-order chi connectivity index (χ0) is 19.0. The molecule has 0 fully saturated rings. The molecule has 0 aromatic carbocycles. The molecule has 0 rings (SSSR count). The second-order valence-corrected chi connectivity index (χ2v) is 8.91. The quantitative estimate of drug-likeness (QED) is 0.659. The Kier molecular flexibility index (Phi) is 9.29. The van der Waals surface area contributed by atoms with E-state index in [-0.39, 0.29) is 17.2 Å². The lowest BCUT2D eigenvalue weighted by Gasteiger charge is -2.30. The first-order chi connectivity index (χ1) is 10.7. The Labute approximate surface area is 148 Å². The highest BCUT2D eigenvalue weighted by atomic mass is 16.6. The number of hydrogen-bond donors (Lipinski definition) is 1. The number of alkyl carbamates (subject to hydrolysis) is 1. The van der Waals surface area contributed by atoms with Crippen LogP contribution in [0.15, 0.2) is 0 Å². The van der Waals surface area contributed by atoms with E-state index in [9.17, 15) is 4.79 Å². The van der Waals surface area contributed by atoms with E-state index >= 15 is 0 Å². The molecule has 5 heteroatoms. The van der Waals surface area contributed by atoms with Gasteiger partial charge in [0.05, 0.1) is 23.9 Å². The minimum absolute atomic E-state index is 0.0485. The topological polar surface area (TPSA) is 56.8 Å². The van der Waals surface area contributed by atoms with Crippen molar-refractivity contribution in [3.05, 3.63) is 0 Å². The number of nitrogens with one attached hydrogen (secondary N) is 1. The summed E-state index contributed by atoms with van der Waals surface area (Å²) >= 11 is 0. The number of carbonyl (C=O) groups is 1. The van der Waals surface area contributed by atoms with E-state index in [1.807, 2.05) is 41.5 Å². The summed E-state index contributed by atoms with van der Waals surface area (Å²) in [6.07, 6.45) is 2.24. The molecule has 1 N–H and O–H groups in total. The lowest BCUT2D eigenvalue weighted by atomic mass is 10.1. The highest BCUT2D eigenvalue weighted by Crippen LogP contribution is 2.18. The first kappa shape index (κ1) is 23.2. The Hall–Kier alpha value is -0.810. The van der Waals surface area contributed by atoms with E-state index < -0.39 is 11.7 Å². The van der Waals surface area contributed by atoms with Crippen molar-refractivity contribution < 1.29 is 19.0 Å². The molecule has 0 spiro atoms. The molecule has 0 aromatic heterocycles. The summed E-state index contributed by atoms with van der Waals surface area (Å²) in [5.74, 6) is 0. The summed E-state index contributed by atoms with van der Waals surface area (Å²) in [5.41, 5.74) is -0.933. The van der Waals surface area contributed by atoms with Gasteiger partial charge in [-0.05, 0) is 68.2 Å². The Morgan fingerprint density at radius 1 is 0.958 bits per heavy atom. The van der Waals surface area contributed by atoms with Crippen molar-refractivity contribution in [1.29, 1.82) is 0 Å². The van der Waals surface area contributed by atoms with Gasteiger partial charge in [-0.25, -0.2) is 4.79 Å². The third-order valence-corrected chi connectivity index (χ3v) is 3.27. The molecule has 5 nitrogen and oxygen atoms in total. The molecule has 1 atom stereocenters. The van der Waals surface area contributed by atoms with Gasteiger partial charge in [0.25, 0.3) is 0 Å². The van der Waals surface area contributed by atoms with E-state index in [2.05, 4.69) is 26.1 Å². The van der Waals surface area contributed by atoms with Gasteiger partial charge in [-0.3, -0.25) is 0 Å². The predicted molar refractivity (Wildman–Crippen MR) is 98.4 cm³/mol. The molecule has 0 aromatic rings. The van der Waals surface area contributed by atoms with Gasteiger partial charge in [0.2, 0.25) is 0 Å². The maximum atomic E-state index is 11.9. The molecule has 1 unspecified atom stereocenters. The van der Waals surface area contributed by atoms with Gasteiger partial charge in [-0.2, -0.15) is 0 Å². The molecule has 144 valence electrons. The maximum Gasteiger partial charge on any atom is 0.407 e. The van der Waals surface area contributed by atoms with Gasteiger partial charge in [0.15, 0.2) is 0 Å². The molecule has 0 bridgehead atoms.